The molecule has 1 fully saturated rings. The Hall–Kier alpha value is -6.21. The van der Waals surface area contributed by atoms with Crippen molar-refractivity contribution >= 4 is 39.7 Å². The van der Waals surface area contributed by atoms with Gasteiger partial charge in [0.15, 0.2) is 0 Å². The summed E-state index contributed by atoms with van der Waals surface area (Å²) in [6, 6.07) is 23.5. The summed E-state index contributed by atoms with van der Waals surface area (Å²) in [5.74, 6) is 1.76. The summed E-state index contributed by atoms with van der Waals surface area (Å²) in [7, 11) is 2.98. The number of H-pyrrole nitrogens is 2. The Kier molecular flexibility index (Phi) is 12.3. The van der Waals surface area contributed by atoms with E-state index in [-0.39, 0.29) is 41.8 Å². The first kappa shape index (κ1) is 42.5. The number of benzene rings is 4. The molecule has 0 aliphatic carbocycles. The Labute approximate surface area is 362 Å². The minimum atomic E-state index is -0.713. The number of methoxy groups -OCH3 is 2. The van der Waals surface area contributed by atoms with Crippen LogP contribution in [0, 0.1) is 5.92 Å². The normalized spacial score (nSPS) is 17.3. The van der Waals surface area contributed by atoms with Crippen LogP contribution in [0.3, 0.4) is 0 Å². The van der Waals surface area contributed by atoms with Crippen molar-refractivity contribution in [3.05, 3.63) is 102 Å². The van der Waals surface area contributed by atoms with E-state index in [1.165, 1.54) is 7.11 Å². The van der Waals surface area contributed by atoms with E-state index in [0.29, 0.717) is 32.0 Å². The zero-order chi connectivity index (χ0) is 43.7. The molecule has 4 aromatic carbocycles. The van der Waals surface area contributed by atoms with Gasteiger partial charge in [-0.2, -0.15) is 0 Å². The van der Waals surface area contributed by atoms with Crippen molar-refractivity contribution in [3.8, 4) is 28.1 Å². The van der Waals surface area contributed by atoms with E-state index in [1.807, 2.05) is 74.0 Å². The van der Waals surface area contributed by atoms with Crippen LogP contribution in [0.1, 0.15) is 101 Å². The zero-order valence-electron chi connectivity index (χ0n) is 36.7. The van der Waals surface area contributed by atoms with Crippen LogP contribution < -0.4 is 10.1 Å². The molecule has 2 aliphatic rings. The average molecular weight is 840 g/mol. The number of aromatic nitrogens is 4. The molecule has 3 amide bonds. The number of alkyl carbamates (subject to hydrolysis) is 1. The molecule has 6 aromatic rings. The molecular formula is C49H57N7O6. The molecule has 2 aromatic heterocycles. The highest BCUT2D eigenvalue weighted by Gasteiger charge is 2.41. The number of hydrogen-bond donors (Lipinski definition) is 3. The van der Waals surface area contributed by atoms with E-state index >= 15 is 0 Å². The van der Waals surface area contributed by atoms with Crippen LogP contribution in [0.15, 0.2) is 79.0 Å². The van der Waals surface area contributed by atoms with Crippen LogP contribution >= 0.6 is 0 Å². The van der Waals surface area contributed by atoms with Crippen molar-refractivity contribution < 1.29 is 28.6 Å². The lowest BCUT2D eigenvalue weighted by atomic mass is 9.92. The predicted molar refractivity (Wildman–Crippen MR) is 239 cm³/mol. The molecule has 2 aliphatic heterocycles. The number of imidazole rings is 2. The zero-order valence-corrected chi connectivity index (χ0v) is 36.7. The van der Waals surface area contributed by atoms with Gasteiger partial charge in [-0.05, 0) is 97.4 Å². The van der Waals surface area contributed by atoms with Gasteiger partial charge in [0, 0.05) is 37.3 Å². The number of aromatic amines is 2. The van der Waals surface area contributed by atoms with Gasteiger partial charge in [-0.3, -0.25) is 9.59 Å². The van der Waals surface area contributed by atoms with Crippen LogP contribution in [-0.2, 0) is 25.7 Å². The summed E-state index contributed by atoms with van der Waals surface area (Å²) in [5, 5.41) is 4.75. The molecule has 0 spiro atoms. The summed E-state index contributed by atoms with van der Waals surface area (Å²) < 4.78 is 16.7. The lowest BCUT2D eigenvalue weighted by Crippen LogP contribution is -2.52. The number of ether oxygens (including phenoxy) is 3. The summed E-state index contributed by atoms with van der Waals surface area (Å²) in [6.07, 6.45) is 4.21. The first-order valence-electron chi connectivity index (χ1n) is 21.8. The fourth-order valence-electron chi connectivity index (χ4n) is 9.26. The minimum absolute atomic E-state index is 0.00965. The van der Waals surface area contributed by atoms with Crippen molar-refractivity contribution in [1.29, 1.82) is 0 Å². The molecule has 13 nitrogen and oxygen atoms in total. The summed E-state index contributed by atoms with van der Waals surface area (Å²) in [5.41, 5.74) is 7.72. The van der Waals surface area contributed by atoms with Crippen LogP contribution in [0.25, 0.3) is 44.2 Å². The Morgan fingerprint density at radius 3 is 2.53 bits per heavy atom. The van der Waals surface area contributed by atoms with Crippen molar-refractivity contribution in [3.63, 3.8) is 0 Å². The maximum Gasteiger partial charge on any atom is 0.407 e. The number of hydrogen-bond acceptors (Lipinski definition) is 8. The molecule has 0 saturated carbocycles. The SMILES string of the molecule is CC[C@@H](c1nc2c(ccc3cc4c(cc32)OCc2cc(-c3cnc([C@@H]5CC[C@H](C)N5C(=O)[C@@H](NC(=O)OC)C(C)C)[nH]3)ccc2-4)[nH]1)N(CCCOC)C(=O)[C@H](C)c1ccccc1. The molecule has 13 heteroatoms. The fourth-order valence-corrected chi connectivity index (χ4v) is 9.26. The third kappa shape index (κ3) is 8.13. The maximum atomic E-state index is 14.2. The molecule has 4 heterocycles. The van der Waals surface area contributed by atoms with Gasteiger partial charge in [-0.1, -0.05) is 69.3 Å². The van der Waals surface area contributed by atoms with Gasteiger partial charge in [0.25, 0.3) is 0 Å². The number of nitrogens with zero attached hydrogens (tertiary/aromatic N) is 4. The minimum Gasteiger partial charge on any atom is -0.488 e. The van der Waals surface area contributed by atoms with Crippen LogP contribution in [0.5, 0.6) is 5.75 Å². The van der Waals surface area contributed by atoms with E-state index in [4.69, 9.17) is 24.2 Å². The van der Waals surface area contributed by atoms with Crippen molar-refractivity contribution in [2.75, 3.05) is 27.4 Å². The van der Waals surface area contributed by atoms with Crippen LogP contribution in [0.4, 0.5) is 4.79 Å². The molecule has 1 saturated heterocycles. The van der Waals surface area contributed by atoms with Gasteiger partial charge in [0.1, 0.15) is 30.0 Å². The Bertz CT molecular complexity index is 2580. The van der Waals surface area contributed by atoms with Gasteiger partial charge >= 0.3 is 6.09 Å². The quantitative estimate of drug-likeness (QED) is 0.0918. The lowest BCUT2D eigenvalue weighted by molar-refractivity contribution is -0.137. The first-order valence-corrected chi connectivity index (χ1v) is 21.8. The van der Waals surface area contributed by atoms with Gasteiger partial charge in [-0.25, -0.2) is 14.8 Å². The van der Waals surface area contributed by atoms with E-state index < -0.39 is 12.1 Å². The standard InChI is InChI=1S/C49H57N7O6/c1-8-40(55(21-12-22-60-6)47(57)30(5)31-13-10-9-11-14-31)46-51-38-19-17-32-24-37-35-18-16-33(23-34(35)27-62-42(37)25-36(32)44(38)53-46)39-26-50-45(52-39)41-20-15-29(4)56(41)48(58)43(28(2)3)54-49(59)61-7/h9-11,13-14,16-19,23-26,28-30,40-41,43H,8,12,15,20-22,27H2,1-7H3,(H,50,52)(H,51,53)(H,54,59)/t29-,30+,40-,41-,43-/m0/s1. The van der Waals surface area contributed by atoms with Gasteiger partial charge in [-0.15, -0.1) is 0 Å². The van der Waals surface area contributed by atoms with E-state index in [1.54, 1.807) is 7.11 Å². The van der Waals surface area contributed by atoms with E-state index in [9.17, 15) is 14.4 Å². The number of likely N-dealkylation sites (tertiary alicyclic amines) is 1. The second kappa shape index (κ2) is 18.0. The number of fused-ring (bicyclic) bond motifs is 6. The van der Waals surface area contributed by atoms with E-state index in [2.05, 4.69) is 64.7 Å². The fraction of sp³-hybridized carbons (Fsp3) is 0.408. The van der Waals surface area contributed by atoms with Crippen LogP contribution in [-0.4, -0.2) is 87.1 Å². The first-order chi connectivity index (χ1) is 30.0. The predicted octanol–water partition coefficient (Wildman–Crippen LogP) is 9.22. The smallest absolute Gasteiger partial charge is 0.407 e. The molecule has 3 N–H and O–H groups in total. The monoisotopic (exact) mass is 839 g/mol. The van der Waals surface area contributed by atoms with E-state index in [0.717, 1.165) is 86.2 Å². The largest absolute Gasteiger partial charge is 0.488 e. The van der Waals surface area contributed by atoms with Crippen molar-refractivity contribution in [2.45, 2.75) is 97.0 Å². The Balaban J connectivity index is 1.05. The van der Waals surface area contributed by atoms with Gasteiger partial charge in [0.2, 0.25) is 11.8 Å². The molecule has 62 heavy (non-hydrogen) atoms. The number of carbonyl (C=O) groups is 3. The third-order valence-electron chi connectivity index (χ3n) is 12.7. The van der Waals surface area contributed by atoms with Crippen molar-refractivity contribution in [2.24, 2.45) is 5.92 Å². The highest BCUT2D eigenvalue weighted by molar-refractivity contribution is 6.07. The molecule has 0 radical (unpaired) electrons. The topological polar surface area (TPSA) is 155 Å². The second-order valence-electron chi connectivity index (χ2n) is 17.0. The lowest BCUT2D eigenvalue weighted by Gasteiger charge is -2.32. The Morgan fingerprint density at radius 1 is 0.984 bits per heavy atom. The number of rotatable bonds is 14. The molecule has 324 valence electrons. The van der Waals surface area contributed by atoms with Crippen molar-refractivity contribution in [1.82, 2.24) is 35.1 Å². The average Bonchev–Trinajstić information content (AvgIpc) is 4.05. The summed E-state index contributed by atoms with van der Waals surface area (Å²) in [4.78, 5) is 61.1. The molecule has 5 atom stereocenters. The van der Waals surface area contributed by atoms with Gasteiger partial charge in [0.05, 0.1) is 48.0 Å². The number of carbonyl (C=O) groups excluding carboxylic acids is 3. The molecule has 8 rings (SSSR count). The maximum absolute atomic E-state index is 14.2. The molecule has 0 unspecified atom stereocenters. The van der Waals surface area contributed by atoms with Crippen LogP contribution in [0.2, 0.25) is 0 Å². The summed E-state index contributed by atoms with van der Waals surface area (Å²) >= 11 is 0. The van der Waals surface area contributed by atoms with Gasteiger partial charge < -0.3 is 39.3 Å². The highest BCUT2D eigenvalue weighted by Crippen LogP contribution is 2.43. The highest BCUT2D eigenvalue weighted by atomic mass is 16.5. The number of amides is 3. The Morgan fingerprint density at radius 2 is 1.79 bits per heavy atom. The molecular weight excluding hydrogens is 783 g/mol. The molecule has 0 bridgehead atoms. The third-order valence-corrected chi connectivity index (χ3v) is 12.7. The second-order valence-corrected chi connectivity index (χ2v) is 17.0. The summed E-state index contributed by atoms with van der Waals surface area (Å²) in [6.45, 7) is 11.4. The number of nitrogens with one attached hydrogen (secondary N) is 3.